The topological polar surface area (TPSA) is 259 Å². The molecule has 18 heteroatoms. The van der Waals surface area contributed by atoms with Gasteiger partial charge in [0.25, 0.3) is 7.82 Å². The van der Waals surface area contributed by atoms with E-state index in [4.69, 9.17) is 59.8 Å². The zero-order chi connectivity index (χ0) is 17.8. The van der Waals surface area contributed by atoms with Gasteiger partial charge in [0.1, 0.15) is 24.4 Å². The summed E-state index contributed by atoms with van der Waals surface area (Å²) in [6.07, 6.45) is -8.92. The Kier molecular flexibility index (Phi) is 49.4. The first-order valence-corrected chi connectivity index (χ1v) is 6.25. The van der Waals surface area contributed by atoms with Gasteiger partial charge in [-0.15, -0.1) is 0 Å². The number of aliphatic hydroxyl groups is 5. The first kappa shape index (κ1) is 46.1. The number of carbonyl (C=O) groups is 2. The Bertz CT molecular complexity index is 336. The van der Waals surface area contributed by atoms with Gasteiger partial charge in [0.05, 0.1) is 6.61 Å². The average molecular weight is 459 g/mol. The summed E-state index contributed by atoms with van der Waals surface area (Å²) in [4.78, 5) is 41.3. The Morgan fingerprint density at radius 2 is 1.32 bits per heavy atom. The molecule has 0 aromatic rings. The Hall–Kier alpha value is 2.78. The van der Waals surface area contributed by atoms with Gasteiger partial charge in [-0.1, -0.05) is 0 Å². The number of hydrogen-bond acceptors (Lipinski definition) is 10. The minimum absolute atomic E-state index is 0. The molecule has 0 bridgehead atoms. The van der Waals surface area contributed by atoms with Gasteiger partial charge in [-0.2, -0.15) is 0 Å². The van der Waals surface area contributed by atoms with E-state index in [0.29, 0.717) is 0 Å². The summed E-state index contributed by atoms with van der Waals surface area (Å²) in [6.45, 7) is -0.760. The zero-order valence-electron chi connectivity index (χ0n) is 13.5. The molecule has 25 heavy (non-hydrogen) atoms. The zero-order valence-corrected chi connectivity index (χ0v) is 22.3. The third-order valence-electron chi connectivity index (χ3n) is 1.42. The fourth-order valence-electron chi connectivity index (χ4n) is 0.618. The molecule has 0 spiro atoms. The molecule has 0 aliphatic rings. The predicted octanol–water partition coefficient (Wildman–Crippen LogP) is -18.0. The molecule has 0 aliphatic carbocycles. The number of carbonyl (C=O) groups excluding carboxylic acids is 1. The minimum Gasteiger partial charge on any atom is -1.00 e. The van der Waals surface area contributed by atoms with Gasteiger partial charge in [-0.05, 0) is 0 Å². The third kappa shape index (κ3) is 46.6. The van der Waals surface area contributed by atoms with E-state index in [-0.39, 0.29) is 129 Å². The molecule has 0 aliphatic heterocycles. The third-order valence-corrected chi connectivity index (χ3v) is 1.42. The fraction of sp³-hybridized carbons (Fsp3) is 0.714. The monoisotopic (exact) mass is 458 g/mol. The molecule has 0 rings (SSSR count). The van der Waals surface area contributed by atoms with Crippen molar-refractivity contribution in [2.75, 3.05) is 6.61 Å². The molecular weight excluding hydrogens is 444 g/mol. The van der Waals surface area contributed by atoms with Crippen LogP contribution in [-0.4, -0.2) is 83.9 Å². The first-order chi connectivity index (χ1) is 9.27. The van der Waals surface area contributed by atoms with Crippen LogP contribution in [0.25, 0.3) is 0 Å². The molecule has 0 heterocycles. The first-order valence-electron chi connectivity index (χ1n) is 4.72. The number of rotatable bonds is 5. The van der Waals surface area contributed by atoms with E-state index in [2.05, 4.69) is 0 Å². The molecular formula is C7H15ClKNa2O13P. The van der Waals surface area contributed by atoms with Crippen molar-refractivity contribution in [2.24, 2.45) is 0 Å². The second-order valence-electron chi connectivity index (χ2n) is 3.11. The van der Waals surface area contributed by atoms with Crippen molar-refractivity contribution >= 4 is 20.3 Å². The average Bonchev–Trinajstić information content (AvgIpc) is 2.32. The standard InChI is InChI=1S/C6H12O6.CH2O3.ClH.K.2Na.H3O4P/c7-1-3(9)5(11)6(12)4(10)2-8;2-1(3)4;;;;;1-5(2,3)4/h1,3-6,8-12H,2H2;(H2,2,3,4);1H;;;;(H3,1,2,3,4)/q;;;3*+1;/p-3. The van der Waals surface area contributed by atoms with Gasteiger partial charge in [0, 0.05) is 0 Å². The molecule has 0 radical (unpaired) electrons. The molecule has 0 saturated heterocycles. The quantitative estimate of drug-likeness (QED) is 0.108. The Morgan fingerprint density at radius 1 is 1.08 bits per heavy atom. The maximum absolute atomic E-state index is 9.90. The summed E-state index contributed by atoms with van der Waals surface area (Å²) < 4.78 is 8.77. The van der Waals surface area contributed by atoms with E-state index in [9.17, 15) is 4.79 Å². The number of carboxylic acid groups (broad SMARTS) is 2. The molecule has 0 aromatic heterocycles. The second-order valence-corrected chi connectivity index (χ2v) is 4.10. The molecule has 13 nitrogen and oxygen atoms in total. The Labute approximate surface area is 235 Å². The smallest absolute Gasteiger partial charge is 1.00 e. The summed E-state index contributed by atoms with van der Waals surface area (Å²) in [5.41, 5.74) is 0. The number of halogens is 1. The van der Waals surface area contributed by atoms with E-state index in [1.165, 1.54) is 0 Å². The van der Waals surface area contributed by atoms with E-state index in [0.717, 1.165) is 0 Å². The SMILES string of the molecule is O=C([O-])O.O=CC(O)C(O)C(O)C(O)CO.O=P([O-])(O)O.[Cl-].[K+].[Na+].[Na+]. The van der Waals surface area contributed by atoms with Crippen LogP contribution in [0.1, 0.15) is 0 Å². The van der Waals surface area contributed by atoms with Crippen molar-refractivity contribution in [1.29, 1.82) is 0 Å². The van der Waals surface area contributed by atoms with E-state index in [1.54, 1.807) is 0 Å². The molecule has 0 fully saturated rings. The van der Waals surface area contributed by atoms with E-state index in [1.807, 2.05) is 0 Å². The summed E-state index contributed by atoms with van der Waals surface area (Å²) in [5.74, 6) is 0. The van der Waals surface area contributed by atoms with Crippen molar-refractivity contribution < 1.29 is 187 Å². The van der Waals surface area contributed by atoms with Crippen molar-refractivity contribution in [1.82, 2.24) is 0 Å². The number of aldehydes is 1. The molecule has 4 atom stereocenters. The van der Waals surface area contributed by atoms with Crippen LogP contribution in [-0.2, 0) is 9.36 Å². The number of phosphoric acid groups is 1. The van der Waals surface area contributed by atoms with Gasteiger partial charge < -0.3 is 72.4 Å². The van der Waals surface area contributed by atoms with Gasteiger partial charge in [-0.25, -0.2) is 0 Å². The van der Waals surface area contributed by atoms with Crippen LogP contribution in [0.5, 0.6) is 0 Å². The van der Waals surface area contributed by atoms with E-state index >= 15 is 0 Å². The van der Waals surface area contributed by atoms with Crippen molar-refractivity contribution in [3.63, 3.8) is 0 Å². The van der Waals surface area contributed by atoms with Crippen LogP contribution in [0.2, 0.25) is 0 Å². The molecule has 0 saturated carbocycles. The number of hydrogen-bond donors (Lipinski definition) is 8. The van der Waals surface area contributed by atoms with Crippen molar-refractivity contribution in [3.05, 3.63) is 0 Å². The van der Waals surface area contributed by atoms with Gasteiger partial charge in [0.2, 0.25) is 6.16 Å². The maximum atomic E-state index is 9.90. The maximum Gasteiger partial charge on any atom is 1.00 e. The summed E-state index contributed by atoms with van der Waals surface area (Å²) in [5, 5.41) is 58.8. The second kappa shape index (κ2) is 26.8. The van der Waals surface area contributed by atoms with Gasteiger partial charge in [0.15, 0.2) is 6.29 Å². The van der Waals surface area contributed by atoms with Gasteiger partial charge in [-0.3, -0.25) is 4.57 Å². The van der Waals surface area contributed by atoms with Crippen LogP contribution in [0.15, 0.2) is 0 Å². The van der Waals surface area contributed by atoms with Crippen LogP contribution < -0.4 is 133 Å². The molecule has 136 valence electrons. The van der Waals surface area contributed by atoms with Crippen molar-refractivity contribution in [3.8, 4) is 0 Å². The van der Waals surface area contributed by atoms with Crippen LogP contribution >= 0.6 is 7.82 Å². The van der Waals surface area contributed by atoms with Crippen LogP contribution in [0.4, 0.5) is 4.79 Å². The molecule has 4 unspecified atom stereocenters. The Balaban J connectivity index is -0.0000000428. The van der Waals surface area contributed by atoms with Crippen LogP contribution in [0, 0.1) is 0 Å². The molecule has 8 N–H and O–H groups in total. The number of aliphatic hydroxyl groups excluding tert-OH is 5. The summed E-state index contributed by atoms with van der Waals surface area (Å²) >= 11 is 0. The predicted molar refractivity (Wildman–Crippen MR) is 57.2 cm³/mol. The fourth-order valence-corrected chi connectivity index (χ4v) is 0.618. The summed E-state index contributed by atoms with van der Waals surface area (Å²) in [6, 6.07) is 0. The van der Waals surface area contributed by atoms with Crippen molar-refractivity contribution in [2.45, 2.75) is 24.4 Å². The van der Waals surface area contributed by atoms with E-state index < -0.39 is 45.0 Å². The molecule has 0 amide bonds. The molecule has 0 aromatic carbocycles. The summed E-state index contributed by atoms with van der Waals surface area (Å²) in [7, 11) is -4.89. The normalized spacial score (nSPS) is 13.4. The minimum atomic E-state index is -4.89. The van der Waals surface area contributed by atoms with Gasteiger partial charge >= 0.3 is 110 Å². The largest absolute Gasteiger partial charge is 1.00 e. The van der Waals surface area contributed by atoms with Crippen LogP contribution in [0.3, 0.4) is 0 Å². The Morgan fingerprint density at radius 3 is 1.48 bits per heavy atom.